The Morgan fingerprint density at radius 1 is 0.207 bits per heavy atom. The van der Waals surface area contributed by atoms with Crippen LogP contribution in [0.15, 0.2) is 206 Å². The minimum atomic E-state index is 1.12. The lowest BCUT2D eigenvalue weighted by Gasteiger charge is -2.14. The molecule has 0 aliphatic heterocycles. The van der Waals surface area contributed by atoms with Crippen LogP contribution in [0.4, 0.5) is 0 Å². The number of hydrogen-bond acceptors (Lipinski definition) is 0. The summed E-state index contributed by atoms with van der Waals surface area (Å²) in [6.45, 7) is 0. The fraction of sp³-hybridized carbons (Fsp3) is 0. The van der Waals surface area contributed by atoms with E-state index in [9.17, 15) is 0 Å². The van der Waals surface area contributed by atoms with E-state index >= 15 is 0 Å². The van der Waals surface area contributed by atoms with E-state index < -0.39 is 0 Å². The standard InChI is InChI=1S/C54H34N4/c1-7-23-45-38(17-1)39-18-2-8-24-46(39)55(45)37-31-32-43-42-21-3-9-25-47(42)57(53(43)34-37)36-16-13-15-35(33-36)56-50-28-12-6-22-44(50)54-51(56)29-14-30-52(54)58-48-26-10-4-19-40(48)41-20-5-11-27-49(41)58/h1-34H. The minimum Gasteiger partial charge on any atom is -0.309 e. The average molecular weight is 739 g/mol. The van der Waals surface area contributed by atoms with Crippen molar-refractivity contribution < 1.29 is 0 Å². The monoisotopic (exact) mass is 738 g/mol. The van der Waals surface area contributed by atoms with Gasteiger partial charge in [0.25, 0.3) is 0 Å². The van der Waals surface area contributed by atoms with Crippen LogP contribution in [0, 0.1) is 0 Å². The van der Waals surface area contributed by atoms with Gasteiger partial charge in [0.15, 0.2) is 0 Å². The average Bonchev–Trinajstić information content (AvgIpc) is 4.01. The number of para-hydroxylation sites is 6. The molecular formula is C54H34N4. The third kappa shape index (κ3) is 4.23. The quantitative estimate of drug-likeness (QED) is 0.171. The van der Waals surface area contributed by atoms with Crippen LogP contribution in [0.25, 0.3) is 110 Å². The van der Waals surface area contributed by atoms with Crippen LogP contribution >= 0.6 is 0 Å². The highest BCUT2D eigenvalue weighted by atomic mass is 15.0. The zero-order valence-electron chi connectivity index (χ0n) is 31.4. The maximum atomic E-state index is 2.45. The molecule has 0 aliphatic carbocycles. The van der Waals surface area contributed by atoms with Crippen LogP contribution in [0.5, 0.6) is 0 Å². The largest absolute Gasteiger partial charge is 0.309 e. The zero-order chi connectivity index (χ0) is 37.9. The van der Waals surface area contributed by atoms with E-state index in [2.05, 4.69) is 225 Å². The second-order valence-electron chi connectivity index (χ2n) is 15.3. The van der Waals surface area contributed by atoms with Crippen molar-refractivity contribution in [2.45, 2.75) is 0 Å². The molecule has 4 nitrogen and oxygen atoms in total. The van der Waals surface area contributed by atoms with Crippen molar-refractivity contribution in [1.29, 1.82) is 0 Å². The van der Waals surface area contributed by atoms with Crippen molar-refractivity contribution in [2.24, 2.45) is 0 Å². The molecule has 0 amide bonds. The summed E-state index contributed by atoms with van der Waals surface area (Å²) >= 11 is 0. The Morgan fingerprint density at radius 2 is 0.552 bits per heavy atom. The molecular weight excluding hydrogens is 705 g/mol. The van der Waals surface area contributed by atoms with Gasteiger partial charge in [-0.25, -0.2) is 0 Å². The Morgan fingerprint density at radius 3 is 1.07 bits per heavy atom. The van der Waals surface area contributed by atoms with Crippen LogP contribution in [0.3, 0.4) is 0 Å². The van der Waals surface area contributed by atoms with E-state index in [1.165, 1.54) is 92.9 Å². The Hall–Kier alpha value is -7.82. The molecule has 13 aromatic rings. The summed E-state index contributed by atoms with van der Waals surface area (Å²) in [5, 5.41) is 9.99. The molecule has 0 atom stereocenters. The van der Waals surface area contributed by atoms with Gasteiger partial charge in [0.1, 0.15) is 0 Å². The number of benzene rings is 9. The Kier molecular flexibility index (Phi) is 6.41. The van der Waals surface area contributed by atoms with Crippen molar-refractivity contribution in [1.82, 2.24) is 18.3 Å². The maximum absolute atomic E-state index is 2.45. The summed E-state index contributed by atoms with van der Waals surface area (Å²) in [6, 6.07) is 75.5. The zero-order valence-corrected chi connectivity index (χ0v) is 31.4. The van der Waals surface area contributed by atoms with E-state index in [0.29, 0.717) is 0 Å². The molecule has 4 aromatic heterocycles. The van der Waals surface area contributed by atoms with Crippen LogP contribution < -0.4 is 0 Å². The van der Waals surface area contributed by atoms with Gasteiger partial charge in [0.2, 0.25) is 0 Å². The highest BCUT2D eigenvalue weighted by Crippen LogP contribution is 2.41. The molecule has 9 aromatic carbocycles. The van der Waals surface area contributed by atoms with E-state index in [1.807, 2.05) is 0 Å². The van der Waals surface area contributed by atoms with Crippen LogP contribution in [0.2, 0.25) is 0 Å². The second kappa shape index (κ2) is 11.8. The molecule has 0 spiro atoms. The number of aromatic nitrogens is 4. The van der Waals surface area contributed by atoms with Crippen molar-refractivity contribution >= 4 is 87.2 Å². The fourth-order valence-electron chi connectivity index (χ4n) is 10.00. The lowest BCUT2D eigenvalue weighted by atomic mass is 10.1. The second-order valence-corrected chi connectivity index (χ2v) is 15.3. The number of rotatable bonds is 4. The van der Waals surface area contributed by atoms with Crippen molar-refractivity contribution in [3.8, 4) is 22.7 Å². The van der Waals surface area contributed by atoms with Gasteiger partial charge in [-0.1, -0.05) is 127 Å². The summed E-state index contributed by atoms with van der Waals surface area (Å²) in [5.74, 6) is 0. The Bertz CT molecular complexity index is 3680. The van der Waals surface area contributed by atoms with Crippen LogP contribution in [-0.4, -0.2) is 18.3 Å². The lowest BCUT2D eigenvalue weighted by molar-refractivity contribution is 1.13. The third-order valence-electron chi connectivity index (χ3n) is 12.3. The smallest absolute Gasteiger partial charge is 0.0562 e. The van der Waals surface area contributed by atoms with Gasteiger partial charge in [0.05, 0.1) is 49.8 Å². The normalized spacial score (nSPS) is 12.1. The third-order valence-corrected chi connectivity index (χ3v) is 12.3. The van der Waals surface area contributed by atoms with Crippen molar-refractivity contribution in [3.63, 3.8) is 0 Å². The summed E-state index contributed by atoms with van der Waals surface area (Å²) in [6.07, 6.45) is 0. The molecule has 0 N–H and O–H groups in total. The molecule has 0 saturated heterocycles. The SMILES string of the molecule is c1cc(-n2c3ccccc3c3ccc(-n4c5ccccc5c5ccccc54)cc32)cc(-n2c3ccccc3c3c(-n4c5ccccc5c5ccccc54)cccc32)c1. The van der Waals surface area contributed by atoms with Crippen LogP contribution in [-0.2, 0) is 0 Å². The maximum Gasteiger partial charge on any atom is 0.0562 e. The molecule has 0 radical (unpaired) electrons. The van der Waals surface area contributed by atoms with Gasteiger partial charge in [-0.3, -0.25) is 0 Å². The molecule has 0 saturated carbocycles. The lowest BCUT2D eigenvalue weighted by Crippen LogP contribution is -2.00. The molecule has 270 valence electrons. The first-order valence-electron chi connectivity index (χ1n) is 20.0. The van der Waals surface area contributed by atoms with Gasteiger partial charge >= 0.3 is 0 Å². The van der Waals surface area contributed by atoms with Gasteiger partial charge in [-0.15, -0.1) is 0 Å². The first kappa shape index (κ1) is 31.4. The summed E-state index contributed by atoms with van der Waals surface area (Å²) in [4.78, 5) is 0. The molecule has 0 fully saturated rings. The Labute approximate surface area is 333 Å². The Balaban J connectivity index is 1.06. The van der Waals surface area contributed by atoms with Crippen molar-refractivity contribution in [2.75, 3.05) is 0 Å². The van der Waals surface area contributed by atoms with Gasteiger partial charge < -0.3 is 18.3 Å². The first-order valence-corrected chi connectivity index (χ1v) is 20.0. The first-order chi connectivity index (χ1) is 28.8. The summed E-state index contributed by atoms with van der Waals surface area (Å²) in [7, 11) is 0. The predicted molar refractivity (Wildman–Crippen MR) is 244 cm³/mol. The van der Waals surface area contributed by atoms with Gasteiger partial charge in [-0.2, -0.15) is 0 Å². The molecule has 0 bridgehead atoms. The molecule has 4 heterocycles. The summed E-state index contributed by atoms with van der Waals surface area (Å²) in [5.41, 5.74) is 14.1. The van der Waals surface area contributed by atoms with Crippen LogP contribution in [0.1, 0.15) is 0 Å². The molecule has 4 heteroatoms. The van der Waals surface area contributed by atoms with Gasteiger partial charge in [-0.05, 0) is 78.9 Å². The van der Waals surface area contributed by atoms with Crippen molar-refractivity contribution in [3.05, 3.63) is 206 Å². The van der Waals surface area contributed by atoms with E-state index in [0.717, 1.165) is 17.1 Å². The number of hydrogen-bond donors (Lipinski definition) is 0. The minimum absolute atomic E-state index is 1.12. The van der Waals surface area contributed by atoms with E-state index in [-0.39, 0.29) is 0 Å². The highest BCUT2D eigenvalue weighted by molar-refractivity contribution is 6.17. The van der Waals surface area contributed by atoms with E-state index in [4.69, 9.17) is 0 Å². The fourth-order valence-corrected chi connectivity index (χ4v) is 10.00. The molecule has 0 unspecified atom stereocenters. The summed E-state index contributed by atoms with van der Waals surface area (Å²) < 4.78 is 9.76. The van der Waals surface area contributed by atoms with Gasteiger partial charge in [0, 0.05) is 60.2 Å². The molecule has 58 heavy (non-hydrogen) atoms. The number of nitrogens with zero attached hydrogens (tertiary/aromatic N) is 4. The number of fused-ring (bicyclic) bond motifs is 12. The molecule has 0 aliphatic rings. The highest BCUT2D eigenvalue weighted by Gasteiger charge is 2.21. The van der Waals surface area contributed by atoms with E-state index in [1.54, 1.807) is 0 Å². The molecule has 13 rings (SSSR count). The predicted octanol–water partition coefficient (Wildman–Crippen LogP) is 14.1. The topological polar surface area (TPSA) is 19.7 Å².